The van der Waals surface area contributed by atoms with Crippen LogP contribution in [-0.2, 0) is 9.59 Å². The van der Waals surface area contributed by atoms with Gasteiger partial charge in [-0.2, -0.15) is 0 Å². The lowest BCUT2D eigenvalue weighted by Gasteiger charge is -2.20. The number of benzene rings is 2. The van der Waals surface area contributed by atoms with Crippen LogP contribution in [0.5, 0.6) is 0 Å². The maximum Gasteiger partial charge on any atom is 0.247 e. The van der Waals surface area contributed by atoms with Crippen LogP contribution in [0.15, 0.2) is 48.5 Å². The Morgan fingerprint density at radius 1 is 0.714 bits per heavy atom. The third kappa shape index (κ3) is 3.18. The highest BCUT2D eigenvalue weighted by molar-refractivity contribution is 8.28. The molecule has 2 aromatic carbocycles. The molecule has 4 nitrogen and oxygen atoms in total. The van der Waals surface area contributed by atoms with Crippen molar-refractivity contribution in [1.82, 2.24) is 0 Å². The van der Waals surface area contributed by atoms with Crippen molar-refractivity contribution in [3.8, 4) is 0 Å². The fraction of sp³-hybridized carbons (Fsp3) is 0.200. The third-order valence-electron chi connectivity index (χ3n) is 4.74. The zero-order valence-corrected chi connectivity index (χ0v) is 18.4. The first-order valence-electron chi connectivity index (χ1n) is 8.60. The second-order valence-electron chi connectivity index (χ2n) is 6.53. The molecule has 0 aromatic heterocycles. The van der Waals surface area contributed by atoms with Crippen molar-refractivity contribution >= 4 is 79.8 Å². The molecule has 0 spiro atoms. The molecular weight excluding hydrogens is 429 g/mol. The molecule has 2 amide bonds. The van der Waals surface area contributed by atoms with E-state index in [1.54, 1.807) is 9.80 Å². The monoisotopic (exact) mass is 444 g/mol. The molecule has 2 aliphatic heterocycles. The van der Waals surface area contributed by atoms with Gasteiger partial charge in [-0.05, 0) is 37.1 Å². The molecule has 2 heterocycles. The first kappa shape index (κ1) is 19.6. The number of thiocarbonyl (C=S) groups is 2. The van der Waals surface area contributed by atoms with Gasteiger partial charge >= 0.3 is 0 Å². The number of carbonyl (C=O) groups excluding carboxylic acids is 2. The minimum absolute atomic E-state index is 0.162. The molecule has 2 aliphatic rings. The van der Waals surface area contributed by atoms with Crippen LogP contribution in [0.3, 0.4) is 0 Å². The lowest BCUT2D eigenvalue weighted by Crippen LogP contribution is -2.41. The van der Waals surface area contributed by atoms with Crippen LogP contribution >= 0.6 is 48.0 Å². The van der Waals surface area contributed by atoms with E-state index in [9.17, 15) is 9.59 Å². The smallest absolute Gasteiger partial charge is 0.247 e. The first-order chi connectivity index (χ1) is 13.4. The number of para-hydroxylation sites is 2. The van der Waals surface area contributed by atoms with Crippen molar-refractivity contribution in [2.45, 2.75) is 24.3 Å². The van der Waals surface area contributed by atoms with Gasteiger partial charge in [0.05, 0.1) is 11.4 Å². The Morgan fingerprint density at radius 3 is 1.43 bits per heavy atom. The van der Waals surface area contributed by atoms with Crippen molar-refractivity contribution in [2.24, 2.45) is 0 Å². The van der Waals surface area contributed by atoms with Gasteiger partial charge in [0, 0.05) is 0 Å². The number of thioether (sulfide) groups is 2. The fourth-order valence-corrected chi connectivity index (χ4v) is 6.55. The number of hydrogen-bond donors (Lipinski definition) is 0. The molecule has 0 N–H and O–H groups in total. The Kier molecular flexibility index (Phi) is 5.30. The highest BCUT2D eigenvalue weighted by Crippen LogP contribution is 2.43. The van der Waals surface area contributed by atoms with Crippen molar-refractivity contribution in [1.29, 1.82) is 0 Å². The molecule has 0 saturated carbocycles. The quantitative estimate of drug-likeness (QED) is 0.651. The molecule has 8 heteroatoms. The van der Waals surface area contributed by atoms with Crippen LogP contribution in [0, 0.1) is 13.8 Å². The largest absolute Gasteiger partial charge is 0.273 e. The van der Waals surface area contributed by atoms with Gasteiger partial charge in [-0.25, -0.2) is 0 Å². The van der Waals surface area contributed by atoms with Crippen molar-refractivity contribution in [3.05, 3.63) is 59.7 Å². The van der Waals surface area contributed by atoms with Gasteiger partial charge in [0.15, 0.2) is 0 Å². The van der Waals surface area contributed by atoms with E-state index in [0.717, 1.165) is 22.5 Å². The Morgan fingerprint density at radius 2 is 1.07 bits per heavy atom. The van der Waals surface area contributed by atoms with Crippen molar-refractivity contribution in [2.75, 3.05) is 9.80 Å². The second kappa shape index (κ2) is 7.59. The van der Waals surface area contributed by atoms with Crippen LogP contribution < -0.4 is 9.80 Å². The van der Waals surface area contributed by atoms with Gasteiger partial charge < -0.3 is 0 Å². The average molecular weight is 445 g/mol. The van der Waals surface area contributed by atoms with E-state index >= 15 is 0 Å². The van der Waals surface area contributed by atoms with Gasteiger partial charge in [-0.3, -0.25) is 19.4 Å². The fourth-order valence-electron chi connectivity index (χ4n) is 3.30. The minimum atomic E-state index is -0.587. The van der Waals surface area contributed by atoms with E-state index in [1.807, 2.05) is 62.4 Å². The average Bonchev–Trinajstić information content (AvgIpc) is 3.12. The molecule has 2 fully saturated rings. The predicted molar refractivity (Wildman–Crippen MR) is 125 cm³/mol. The zero-order chi connectivity index (χ0) is 20.0. The Balaban J connectivity index is 1.64. The van der Waals surface area contributed by atoms with E-state index in [-0.39, 0.29) is 11.8 Å². The molecule has 0 bridgehead atoms. The van der Waals surface area contributed by atoms with Gasteiger partial charge in [0.25, 0.3) is 0 Å². The number of rotatable bonds is 3. The molecule has 142 valence electrons. The summed E-state index contributed by atoms with van der Waals surface area (Å²) >= 11 is 13.5. The van der Waals surface area contributed by atoms with E-state index in [1.165, 1.54) is 23.5 Å². The molecular formula is C20H16N2O2S4. The van der Waals surface area contributed by atoms with E-state index < -0.39 is 10.5 Å². The van der Waals surface area contributed by atoms with Crippen LogP contribution in [0.1, 0.15) is 11.1 Å². The Hall–Kier alpha value is -1.74. The lowest BCUT2D eigenvalue weighted by atomic mass is 10.1. The van der Waals surface area contributed by atoms with Crippen LogP contribution in [0.25, 0.3) is 0 Å². The molecule has 0 aliphatic carbocycles. The Bertz CT molecular complexity index is 941. The lowest BCUT2D eigenvalue weighted by molar-refractivity contribution is -0.121. The number of hydrogen-bond acceptors (Lipinski definition) is 6. The summed E-state index contributed by atoms with van der Waals surface area (Å²) in [4.78, 5) is 29.5. The van der Waals surface area contributed by atoms with Crippen molar-refractivity contribution < 1.29 is 9.59 Å². The summed E-state index contributed by atoms with van der Waals surface area (Å²) in [5.74, 6) is -0.325. The summed E-state index contributed by atoms with van der Waals surface area (Å²) in [5, 5.41) is -1.17. The van der Waals surface area contributed by atoms with Gasteiger partial charge in [0.2, 0.25) is 11.8 Å². The summed E-state index contributed by atoms with van der Waals surface area (Å²) in [6.45, 7) is 3.88. The molecule has 2 aromatic rings. The standard InChI is InChI=1S/C20H16N2O2S4/c1-11-7-3-5-9-13(11)21-17(23)15(27-19(21)25)16-18(24)22(20(26)28-16)14-10-6-4-8-12(14)2/h3-10,15-16H,1-2H3/t15-,16-/m0/s1. The Labute approximate surface area is 182 Å². The topological polar surface area (TPSA) is 40.6 Å². The minimum Gasteiger partial charge on any atom is -0.273 e. The molecule has 2 saturated heterocycles. The first-order valence-corrected chi connectivity index (χ1v) is 11.2. The maximum absolute atomic E-state index is 13.2. The summed E-state index contributed by atoms with van der Waals surface area (Å²) in [6, 6.07) is 15.2. The summed E-state index contributed by atoms with van der Waals surface area (Å²) < 4.78 is 0.941. The van der Waals surface area contributed by atoms with Crippen LogP contribution in [0.4, 0.5) is 11.4 Å². The van der Waals surface area contributed by atoms with E-state index in [4.69, 9.17) is 24.4 Å². The van der Waals surface area contributed by atoms with Gasteiger partial charge in [0.1, 0.15) is 19.1 Å². The van der Waals surface area contributed by atoms with Crippen molar-refractivity contribution in [3.63, 3.8) is 0 Å². The van der Waals surface area contributed by atoms with Crippen LogP contribution in [0.2, 0.25) is 0 Å². The predicted octanol–water partition coefficient (Wildman–Crippen LogP) is 4.47. The highest BCUT2D eigenvalue weighted by Gasteiger charge is 2.51. The SMILES string of the molecule is Cc1ccccc1N1C(=O)[C@H]([C@@H]2SC(=S)N(c3ccccc3C)C2=O)SC1=S. The third-order valence-corrected chi connectivity index (χ3v) is 8.07. The van der Waals surface area contributed by atoms with E-state index in [2.05, 4.69) is 0 Å². The number of aryl methyl sites for hydroxylation is 2. The number of carbonyl (C=O) groups is 2. The number of nitrogens with zero attached hydrogens (tertiary/aromatic N) is 2. The highest BCUT2D eigenvalue weighted by atomic mass is 32.2. The number of anilines is 2. The summed E-state index contributed by atoms with van der Waals surface area (Å²) in [5.41, 5.74) is 3.45. The number of amides is 2. The zero-order valence-electron chi connectivity index (χ0n) is 15.1. The molecule has 28 heavy (non-hydrogen) atoms. The van der Waals surface area contributed by atoms with Crippen LogP contribution in [-0.4, -0.2) is 31.0 Å². The normalized spacial score (nSPS) is 22.5. The van der Waals surface area contributed by atoms with Gasteiger partial charge in [-0.1, -0.05) is 84.4 Å². The summed E-state index contributed by atoms with van der Waals surface area (Å²) in [6.07, 6.45) is 0. The molecule has 0 radical (unpaired) electrons. The second-order valence-corrected chi connectivity index (χ2v) is 10.1. The molecule has 2 atom stereocenters. The molecule has 4 rings (SSSR count). The van der Waals surface area contributed by atoms with E-state index in [0.29, 0.717) is 8.64 Å². The maximum atomic E-state index is 13.2. The summed E-state index contributed by atoms with van der Waals surface area (Å²) in [7, 11) is 0. The van der Waals surface area contributed by atoms with Gasteiger partial charge in [-0.15, -0.1) is 0 Å². The molecule has 0 unspecified atom stereocenters.